The average Bonchev–Trinajstić information content (AvgIpc) is 3.04. The maximum absolute atomic E-state index is 14.1. The molecule has 1 aliphatic heterocycles. The Bertz CT molecular complexity index is 906. The van der Waals surface area contributed by atoms with E-state index in [1.165, 1.54) is 12.1 Å². The fraction of sp³-hybridized carbons (Fsp3) is 0.545. The Morgan fingerprint density at radius 1 is 1.19 bits per heavy atom. The van der Waals surface area contributed by atoms with E-state index in [1.54, 1.807) is 7.11 Å². The molecule has 1 saturated heterocycles. The fourth-order valence-corrected chi connectivity index (χ4v) is 3.83. The molecule has 0 saturated carbocycles. The number of hydrogen-bond donors (Lipinski definition) is 1. The van der Waals surface area contributed by atoms with Crippen LogP contribution >= 0.6 is 0 Å². The maximum Gasteiger partial charge on any atom is 0.194 e. The Labute approximate surface area is 182 Å². The summed E-state index contributed by atoms with van der Waals surface area (Å²) in [5.74, 6) is 0.00248. The lowest BCUT2D eigenvalue weighted by Crippen LogP contribution is -2.52. The van der Waals surface area contributed by atoms with E-state index < -0.39 is 11.6 Å². The van der Waals surface area contributed by atoms with Crippen molar-refractivity contribution in [2.75, 3.05) is 51.3 Å². The molecule has 0 bridgehead atoms. The minimum atomic E-state index is -0.425. The third-order valence-corrected chi connectivity index (χ3v) is 5.59. The van der Waals surface area contributed by atoms with Crippen molar-refractivity contribution in [3.63, 3.8) is 0 Å². The number of guanidine groups is 1. The van der Waals surface area contributed by atoms with E-state index in [1.807, 2.05) is 23.4 Å². The Morgan fingerprint density at radius 3 is 2.61 bits per heavy atom. The number of ether oxygens (including phenoxy) is 1. The highest BCUT2D eigenvalue weighted by atomic mass is 19.1. The van der Waals surface area contributed by atoms with Gasteiger partial charge in [-0.25, -0.2) is 13.8 Å². The first-order valence-corrected chi connectivity index (χ1v) is 10.7. The number of aromatic nitrogens is 2. The predicted octanol–water partition coefficient (Wildman–Crippen LogP) is 2.71. The molecule has 1 aliphatic rings. The molecule has 0 aliphatic carbocycles. The quantitative estimate of drug-likeness (QED) is 0.537. The van der Waals surface area contributed by atoms with Gasteiger partial charge in [-0.2, -0.15) is 5.10 Å². The second-order valence-electron chi connectivity index (χ2n) is 7.61. The van der Waals surface area contributed by atoms with Crippen LogP contribution in [-0.4, -0.2) is 67.1 Å². The molecule has 7 nitrogen and oxygen atoms in total. The summed E-state index contributed by atoms with van der Waals surface area (Å²) in [6, 6.07) is 3.59. The average molecular weight is 435 g/mol. The lowest BCUT2D eigenvalue weighted by Gasteiger charge is -2.37. The number of rotatable bonds is 7. The maximum atomic E-state index is 14.1. The zero-order chi connectivity index (χ0) is 22.4. The standard InChI is InChI=1S/C22H32F2N6O/c1-5-25-22(26-15-19-16(2)27-30(17(19)3)12-13-31-4)29-10-8-28(9-11-29)21-14-18(23)6-7-20(21)24/h6-7,14H,5,8-13,15H2,1-4H3,(H,25,26). The summed E-state index contributed by atoms with van der Waals surface area (Å²) in [5.41, 5.74) is 3.50. The monoisotopic (exact) mass is 434 g/mol. The molecular weight excluding hydrogens is 402 g/mol. The Kier molecular flexibility index (Phi) is 7.84. The van der Waals surface area contributed by atoms with Crippen LogP contribution in [0.2, 0.25) is 0 Å². The molecule has 1 N–H and O–H groups in total. The van der Waals surface area contributed by atoms with Gasteiger partial charge in [0.05, 0.1) is 31.1 Å². The number of nitrogens with one attached hydrogen (secondary N) is 1. The highest BCUT2D eigenvalue weighted by molar-refractivity contribution is 5.80. The number of aliphatic imine (C=N–C) groups is 1. The minimum Gasteiger partial charge on any atom is -0.383 e. The van der Waals surface area contributed by atoms with E-state index in [4.69, 9.17) is 9.73 Å². The third-order valence-electron chi connectivity index (χ3n) is 5.59. The van der Waals surface area contributed by atoms with Crippen molar-refractivity contribution in [2.24, 2.45) is 4.99 Å². The summed E-state index contributed by atoms with van der Waals surface area (Å²) in [5, 5.41) is 7.96. The number of aryl methyl sites for hydroxylation is 1. The van der Waals surface area contributed by atoms with Gasteiger partial charge in [0.2, 0.25) is 0 Å². The van der Waals surface area contributed by atoms with Crippen molar-refractivity contribution < 1.29 is 13.5 Å². The van der Waals surface area contributed by atoms with Crippen molar-refractivity contribution >= 4 is 11.6 Å². The summed E-state index contributed by atoms with van der Waals surface area (Å²) < 4.78 is 34.8. The van der Waals surface area contributed by atoms with Crippen molar-refractivity contribution in [1.82, 2.24) is 20.0 Å². The molecule has 1 aromatic carbocycles. The minimum absolute atomic E-state index is 0.316. The van der Waals surface area contributed by atoms with Crippen LogP contribution in [0.5, 0.6) is 0 Å². The number of methoxy groups -OCH3 is 1. The van der Waals surface area contributed by atoms with Crippen LogP contribution in [-0.2, 0) is 17.8 Å². The zero-order valence-electron chi connectivity index (χ0n) is 18.8. The molecule has 1 fully saturated rings. The largest absolute Gasteiger partial charge is 0.383 e. The van der Waals surface area contributed by atoms with Gasteiger partial charge in [0, 0.05) is 57.2 Å². The molecule has 3 rings (SSSR count). The molecule has 0 radical (unpaired) electrons. The van der Waals surface area contributed by atoms with Gasteiger partial charge >= 0.3 is 0 Å². The van der Waals surface area contributed by atoms with Gasteiger partial charge in [-0.15, -0.1) is 0 Å². The molecule has 0 spiro atoms. The molecule has 2 aromatic rings. The van der Waals surface area contributed by atoms with Crippen LogP contribution in [0.15, 0.2) is 23.2 Å². The predicted molar refractivity (Wildman–Crippen MR) is 119 cm³/mol. The fourth-order valence-electron chi connectivity index (χ4n) is 3.83. The second-order valence-corrected chi connectivity index (χ2v) is 7.61. The first kappa shape index (κ1) is 23.0. The first-order valence-electron chi connectivity index (χ1n) is 10.7. The van der Waals surface area contributed by atoms with Crippen molar-refractivity contribution in [1.29, 1.82) is 0 Å². The number of halogens is 2. The zero-order valence-corrected chi connectivity index (χ0v) is 18.8. The van der Waals surface area contributed by atoms with Crippen LogP contribution in [0.3, 0.4) is 0 Å². The topological polar surface area (TPSA) is 57.9 Å². The summed E-state index contributed by atoms with van der Waals surface area (Å²) in [6.45, 7) is 11.2. The lowest BCUT2D eigenvalue weighted by atomic mass is 10.2. The molecule has 1 aromatic heterocycles. The SMILES string of the molecule is CCNC(=NCc1c(C)nn(CCOC)c1C)N1CCN(c2cc(F)ccc2F)CC1. The summed E-state index contributed by atoms with van der Waals surface area (Å²) in [7, 11) is 1.68. The normalized spacial score (nSPS) is 15.0. The van der Waals surface area contributed by atoms with Gasteiger partial charge < -0.3 is 19.9 Å². The summed E-state index contributed by atoms with van der Waals surface area (Å²) >= 11 is 0. The number of piperazine rings is 1. The molecule has 0 atom stereocenters. The number of benzene rings is 1. The van der Waals surface area contributed by atoms with Gasteiger partial charge in [-0.1, -0.05) is 0 Å². The van der Waals surface area contributed by atoms with Crippen molar-refractivity contribution in [3.05, 3.63) is 46.8 Å². The van der Waals surface area contributed by atoms with Crippen LogP contribution in [0.1, 0.15) is 23.9 Å². The molecule has 0 amide bonds. The van der Waals surface area contributed by atoms with Gasteiger partial charge in [0.1, 0.15) is 11.6 Å². The third kappa shape index (κ3) is 5.52. The summed E-state index contributed by atoms with van der Waals surface area (Å²) in [6.07, 6.45) is 0. The van der Waals surface area contributed by atoms with E-state index in [-0.39, 0.29) is 0 Å². The van der Waals surface area contributed by atoms with Gasteiger partial charge in [-0.3, -0.25) is 4.68 Å². The molecular formula is C22H32F2N6O. The number of nitrogens with zero attached hydrogens (tertiary/aromatic N) is 5. The molecule has 9 heteroatoms. The van der Waals surface area contributed by atoms with Crippen molar-refractivity contribution in [3.8, 4) is 0 Å². The van der Waals surface area contributed by atoms with Crippen molar-refractivity contribution in [2.45, 2.75) is 33.9 Å². The molecule has 0 unspecified atom stereocenters. The number of anilines is 1. The first-order chi connectivity index (χ1) is 14.9. The van der Waals surface area contributed by atoms with Crippen LogP contribution in [0, 0.1) is 25.5 Å². The smallest absolute Gasteiger partial charge is 0.194 e. The van der Waals surface area contributed by atoms with E-state index in [9.17, 15) is 8.78 Å². The van der Waals surface area contributed by atoms with Gasteiger partial charge in [0.25, 0.3) is 0 Å². The lowest BCUT2D eigenvalue weighted by molar-refractivity contribution is 0.182. The second kappa shape index (κ2) is 10.6. The van der Waals surface area contributed by atoms with Gasteiger partial charge in [0.15, 0.2) is 5.96 Å². The van der Waals surface area contributed by atoms with E-state index in [0.717, 1.165) is 35.5 Å². The van der Waals surface area contributed by atoms with E-state index in [0.29, 0.717) is 51.6 Å². The van der Waals surface area contributed by atoms with Crippen LogP contribution in [0.25, 0.3) is 0 Å². The van der Waals surface area contributed by atoms with Crippen LogP contribution in [0.4, 0.5) is 14.5 Å². The van der Waals surface area contributed by atoms with Gasteiger partial charge in [-0.05, 0) is 32.9 Å². The highest BCUT2D eigenvalue weighted by Gasteiger charge is 2.22. The Balaban J connectivity index is 1.68. The Hall–Kier alpha value is -2.68. The molecule has 2 heterocycles. The number of hydrogen-bond acceptors (Lipinski definition) is 4. The Morgan fingerprint density at radius 2 is 1.94 bits per heavy atom. The van der Waals surface area contributed by atoms with E-state index in [2.05, 4.69) is 22.2 Å². The molecule has 170 valence electrons. The summed E-state index contributed by atoms with van der Waals surface area (Å²) in [4.78, 5) is 8.89. The van der Waals surface area contributed by atoms with E-state index >= 15 is 0 Å². The van der Waals surface area contributed by atoms with Crippen LogP contribution < -0.4 is 10.2 Å². The highest BCUT2D eigenvalue weighted by Crippen LogP contribution is 2.22. The molecule has 31 heavy (non-hydrogen) atoms.